The Bertz CT molecular complexity index is 1410. The third-order valence-electron chi connectivity index (χ3n) is 16.8. The van der Waals surface area contributed by atoms with Crippen molar-refractivity contribution in [1.29, 1.82) is 0 Å². The summed E-state index contributed by atoms with van der Waals surface area (Å²) >= 11 is 0. The summed E-state index contributed by atoms with van der Waals surface area (Å²) in [6.45, 7) is 3.82. The Morgan fingerprint density at radius 3 is 0.855 bits per heavy atom. The molecule has 0 amide bonds. The molecule has 492 valence electrons. The molecule has 2 unspecified atom stereocenters. The van der Waals surface area contributed by atoms with Gasteiger partial charge in [-0.1, -0.05) is 346 Å². The molecule has 0 heterocycles. The summed E-state index contributed by atoms with van der Waals surface area (Å²) in [4.78, 5) is 35.4. The molecule has 0 saturated carbocycles. The molecule has 3 N–H and O–H groups in total. The van der Waals surface area contributed by atoms with E-state index in [1.165, 1.54) is 334 Å². The number of unbranched alkanes of at least 4 members (excludes halogenated alkanes) is 54. The molecule has 0 rings (SSSR count). The Balaban J connectivity index is 3.75. The minimum absolute atomic E-state index is 0.0565. The minimum Gasteiger partial charge on any atom is -0.462 e. The number of phosphoric acid groups is 1. The molecular weight excluding hydrogens is 1050 g/mol. The second kappa shape index (κ2) is 69.6. The standard InChI is InChI=1S/C73H142NO8P/c1-3-5-7-9-11-13-15-17-19-21-23-25-27-28-29-30-31-32-33-34-35-36-37-38-39-40-41-42-44-46-48-50-52-54-56-58-60-62-64-66-73(76)82-71(70-81-83(77,78)80-68-67-74)69-79-72(75)65-63-61-59-57-55-53-51-49-47-45-43-26-24-22-20-18-16-14-12-10-8-6-4-2/h21-24,71H,3-20,25-70,74H2,1-2H3,(H,77,78)/b23-21-,24-22-. The molecule has 0 aromatic carbocycles. The summed E-state index contributed by atoms with van der Waals surface area (Å²) in [6.07, 6.45) is 85.9. The van der Waals surface area contributed by atoms with Gasteiger partial charge in [0.15, 0.2) is 6.10 Å². The number of nitrogens with two attached hydrogens (primary N) is 1. The first kappa shape index (κ1) is 81.5. The number of carbonyl (C=O) groups excluding carboxylic acids is 2. The summed E-state index contributed by atoms with van der Waals surface area (Å²) in [5, 5.41) is 0. The van der Waals surface area contributed by atoms with Crippen molar-refractivity contribution in [2.24, 2.45) is 5.73 Å². The van der Waals surface area contributed by atoms with Crippen LogP contribution in [0, 0.1) is 0 Å². The largest absolute Gasteiger partial charge is 0.472 e. The quantitative estimate of drug-likeness (QED) is 0.0264. The fourth-order valence-corrected chi connectivity index (χ4v) is 12.1. The van der Waals surface area contributed by atoms with Crippen LogP contribution in [0.15, 0.2) is 24.3 Å². The summed E-state index contributed by atoms with van der Waals surface area (Å²) in [5.41, 5.74) is 5.40. The maximum absolute atomic E-state index is 12.8. The zero-order valence-electron chi connectivity index (χ0n) is 55.5. The van der Waals surface area contributed by atoms with Gasteiger partial charge in [0.1, 0.15) is 6.61 Å². The second-order valence-electron chi connectivity index (χ2n) is 25.2. The minimum atomic E-state index is -4.39. The molecule has 0 aliphatic heterocycles. The highest BCUT2D eigenvalue weighted by atomic mass is 31.2. The van der Waals surface area contributed by atoms with Crippen LogP contribution in [0.25, 0.3) is 0 Å². The van der Waals surface area contributed by atoms with Crippen LogP contribution in [-0.4, -0.2) is 49.3 Å². The van der Waals surface area contributed by atoms with Crippen LogP contribution in [0.1, 0.15) is 399 Å². The molecule has 0 aromatic heterocycles. The summed E-state index contributed by atoms with van der Waals surface area (Å²) < 4.78 is 33.2. The monoisotopic (exact) mass is 1190 g/mol. The lowest BCUT2D eigenvalue weighted by Gasteiger charge is -2.19. The topological polar surface area (TPSA) is 134 Å². The number of hydrogen-bond donors (Lipinski definition) is 2. The van der Waals surface area contributed by atoms with Crippen LogP contribution in [0.4, 0.5) is 0 Å². The number of allylic oxidation sites excluding steroid dienone is 4. The molecule has 0 aliphatic carbocycles. The van der Waals surface area contributed by atoms with E-state index in [4.69, 9.17) is 24.3 Å². The lowest BCUT2D eigenvalue weighted by molar-refractivity contribution is -0.161. The van der Waals surface area contributed by atoms with Crippen LogP contribution >= 0.6 is 7.82 Å². The van der Waals surface area contributed by atoms with Gasteiger partial charge in [-0.05, 0) is 64.2 Å². The predicted molar refractivity (Wildman–Crippen MR) is 358 cm³/mol. The van der Waals surface area contributed by atoms with Crippen molar-refractivity contribution in [3.8, 4) is 0 Å². The lowest BCUT2D eigenvalue weighted by atomic mass is 10.0. The molecule has 2 atom stereocenters. The predicted octanol–water partition coefficient (Wildman–Crippen LogP) is 24.1. The van der Waals surface area contributed by atoms with E-state index in [-0.39, 0.29) is 38.6 Å². The van der Waals surface area contributed by atoms with Crippen molar-refractivity contribution in [2.45, 2.75) is 405 Å². The Morgan fingerprint density at radius 1 is 0.349 bits per heavy atom. The van der Waals surface area contributed by atoms with Crippen LogP contribution in [0.5, 0.6) is 0 Å². The van der Waals surface area contributed by atoms with Gasteiger partial charge >= 0.3 is 19.8 Å². The first-order valence-corrected chi connectivity index (χ1v) is 38.3. The molecule has 0 aliphatic rings. The maximum atomic E-state index is 12.8. The fraction of sp³-hybridized carbons (Fsp3) is 0.918. The number of carbonyl (C=O) groups is 2. The molecule has 0 fully saturated rings. The molecule has 10 heteroatoms. The Hall–Kier alpha value is -1.51. The first-order chi connectivity index (χ1) is 40.8. The van der Waals surface area contributed by atoms with Gasteiger partial charge in [-0.25, -0.2) is 4.57 Å². The van der Waals surface area contributed by atoms with Gasteiger partial charge in [0.2, 0.25) is 0 Å². The van der Waals surface area contributed by atoms with E-state index < -0.39 is 26.5 Å². The van der Waals surface area contributed by atoms with E-state index in [1.807, 2.05) is 0 Å². The highest BCUT2D eigenvalue weighted by molar-refractivity contribution is 7.47. The number of ether oxygens (including phenoxy) is 2. The molecule has 0 radical (unpaired) electrons. The lowest BCUT2D eigenvalue weighted by Crippen LogP contribution is -2.29. The molecule has 0 bridgehead atoms. The maximum Gasteiger partial charge on any atom is 0.472 e. The second-order valence-corrected chi connectivity index (χ2v) is 26.6. The van der Waals surface area contributed by atoms with Crippen molar-refractivity contribution in [3.63, 3.8) is 0 Å². The van der Waals surface area contributed by atoms with E-state index in [0.29, 0.717) is 6.42 Å². The van der Waals surface area contributed by atoms with Crippen LogP contribution in [0.3, 0.4) is 0 Å². The zero-order chi connectivity index (χ0) is 60.1. The number of esters is 2. The van der Waals surface area contributed by atoms with Crippen LogP contribution in [-0.2, 0) is 32.7 Å². The Kier molecular flexibility index (Phi) is 68.3. The van der Waals surface area contributed by atoms with Crippen molar-refractivity contribution in [2.75, 3.05) is 26.4 Å². The van der Waals surface area contributed by atoms with Gasteiger partial charge in [0.05, 0.1) is 13.2 Å². The van der Waals surface area contributed by atoms with E-state index in [9.17, 15) is 19.0 Å². The Labute approximate surface area is 516 Å². The Morgan fingerprint density at radius 2 is 0.590 bits per heavy atom. The van der Waals surface area contributed by atoms with Crippen molar-refractivity contribution in [3.05, 3.63) is 24.3 Å². The number of phosphoric ester groups is 1. The van der Waals surface area contributed by atoms with Crippen LogP contribution in [0.2, 0.25) is 0 Å². The molecule has 0 aromatic rings. The molecule has 9 nitrogen and oxygen atoms in total. The molecule has 83 heavy (non-hydrogen) atoms. The van der Waals surface area contributed by atoms with Gasteiger partial charge in [-0.15, -0.1) is 0 Å². The van der Waals surface area contributed by atoms with Crippen molar-refractivity contribution >= 4 is 19.8 Å². The van der Waals surface area contributed by atoms with E-state index in [2.05, 4.69) is 38.2 Å². The van der Waals surface area contributed by atoms with Crippen molar-refractivity contribution in [1.82, 2.24) is 0 Å². The van der Waals surface area contributed by atoms with E-state index in [0.717, 1.165) is 32.1 Å². The van der Waals surface area contributed by atoms with Gasteiger partial charge in [0.25, 0.3) is 0 Å². The summed E-state index contributed by atoms with van der Waals surface area (Å²) in [6, 6.07) is 0. The van der Waals surface area contributed by atoms with E-state index in [1.54, 1.807) is 0 Å². The average Bonchev–Trinajstić information content (AvgIpc) is 3.48. The number of hydrogen-bond acceptors (Lipinski definition) is 8. The van der Waals surface area contributed by atoms with Gasteiger partial charge < -0.3 is 20.1 Å². The third-order valence-corrected chi connectivity index (χ3v) is 17.8. The van der Waals surface area contributed by atoms with Crippen LogP contribution < -0.4 is 5.73 Å². The zero-order valence-corrected chi connectivity index (χ0v) is 56.4. The molecule has 0 spiro atoms. The SMILES string of the molecule is CCCCCCCCCC/C=C\CCCCCCCCCCCCCCCCCCCCCCCCCCCCCC(=O)OC(COC(=O)CCCCCCCCCCCCC/C=C\CCCCCCCCCC)COP(=O)(O)OCCN. The van der Waals surface area contributed by atoms with Gasteiger partial charge in [-0.3, -0.25) is 18.6 Å². The smallest absolute Gasteiger partial charge is 0.462 e. The fourth-order valence-electron chi connectivity index (χ4n) is 11.3. The summed E-state index contributed by atoms with van der Waals surface area (Å²) in [7, 11) is -4.39. The van der Waals surface area contributed by atoms with Gasteiger partial charge in [-0.2, -0.15) is 0 Å². The van der Waals surface area contributed by atoms with E-state index >= 15 is 0 Å². The van der Waals surface area contributed by atoms with Crippen molar-refractivity contribution < 1.29 is 37.6 Å². The molecular formula is C73H142NO8P. The van der Waals surface area contributed by atoms with Gasteiger partial charge in [0, 0.05) is 19.4 Å². The highest BCUT2D eigenvalue weighted by Gasteiger charge is 2.26. The average molecular weight is 1190 g/mol. The highest BCUT2D eigenvalue weighted by Crippen LogP contribution is 2.43. The normalized spacial score (nSPS) is 13.0. The molecule has 0 saturated heterocycles. The number of rotatable bonds is 71. The summed E-state index contributed by atoms with van der Waals surface area (Å²) in [5.74, 6) is -0.805. The third kappa shape index (κ3) is 69.5. The first-order valence-electron chi connectivity index (χ1n) is 36.8.